The molecule has 0 radical (unpaired) electrons. The smallest absolute Gasteiger partial charge is 0.253 e. The van der Waals surface area contributed by atoms with Crippen molar-refractivity contribution in [2.24, 2.45) is 0 Å². The Balaban J connectivity index is 1.45. The number of rotatable bonds is 9. The molecule has 2 N–H and O–H groups in total. The van der Waals surface area contributed by atoms with Gasteiger partial charge in [0.2, 0.25) is 0 Å². The summed E-state index contributed by atoms with van der Waals surface area (Å²) in [4.78, 5) is 37.3. The van der Waals surface area contributed by atoms with Gasteiger partial charge in [0.1, 0.15) is 28.5 Å². The first kappa shape index (κ1) is 27.9. The number of aromatic nitrogens is 3. The Bertz CT molecular complexity index is 1320. The van der Waals surface area contributed by atoms with Gasteiger partial charge >= 0.3 is 0 Å². The van der Waals surface area contributed by atoms with Gasteiger partial charge in [-0.25, -0.2) is 14.2 Å². The van der Waals surface area contributed by atoms with Crippen LogP contribution < -0.4 is 15.5 Å². The van der Waals surface area contributed by atoms with Crippen LogP contribution in [0.3, 0.4) is 0 Å². The SMILES string of the molecule is COCC(NC(=O)c1ccn(S(C)=O)c1)C(=O)Nc1nc(-c2cc(C)cc(N3CC(C)OC(C)C3)n2)cs1. The highest BCUT2D eigenvalue weighted by Gasteiger charge is 2.25. The minimum absolute atomic E-state index is 0.0323. The predicted molar refractivity (Wildman–Crippen MR) is 148 cm³/mol. The van der Waals surface area contributed by atoms with Crippen molar-refractivity contribution in [2.45, 2.75) is 39.0 Å². The number of carbonyl (C=O) groups is 2. The van der Waals surface area contributed by atoms with Crippen molar-refractivity contribution in [3.05, 3.63) is 47.1 Å². The van der Waals surface area contributed by atoms with Gasteiger partial charge in [-0.05, 0) is 44.5 Å². The lowest BCUT2D eigenvalue weighted by Crippen LogP contribution is -2.46. The first-order valence-electron chi connectivity index (χ1n) is 12.1. The number of anilines is 2. The molecule has 0 saturated carbocycles. The Hall–Kier alpha value is -3.13. The number of methoxy groups -OCH3 is 1. The monoisotopic (exact) mass is 560 g/mol. The normalized spacial score (nSPS) is 19.1. The van der Waals surface area contributed by atoms with E-state index < -0.39 is 28.8 Å². The van der Waals surface area contributed by atoms with E-state index in [1.165, 1.54) is 40.9 Å². The summed E-state index contributed by atoms with van der Waals surface area (Å²) in [5.41, 5.74) is 2.70. The Morgan fingerprint density at radius 1 is 1.24 bits per heavy atom. The van der Waals surface area contributed by atoms with Gasteiger partial charge < -0.3 is 25.0 Å². The number of pyridine rings is 1. The van der Waals surface area contributed by atoms with Crippen molar-refractivity contribution in [1.82, 2.24) is 19.3 Å². The predicted octanol–water partition coefficient (Wildman–Crippen LogP) is 2.45. The van der Waals surface area contributed by atoms with Crippen LogP contribution in [-0.4, -0.2) is 81.3 Å². The van der Waals surface area contributed by atoms with E-state index in [-0.39, 0.29) is 24.4 Å². The number of hydrogen-bond donors (Lipinski definition) is 2. The van der Waals surface area contributed by atoms with Gasteiger partial charge in [0.05, 0.1) is 30.1 Å². The fourth-order valence-corrected chi connectivity index (χ4v) is 5.41. The minimum Gasteiger partial charge on any atom is -0.382 e. The molecule has 0 bridgehead atoms. The zero-order valence-electron chi connectivity index (χ0n) is 22.0. The molecule has 4 unspecified atom stereocenters. The number of carbonyl (C=O) groups excluding carboxylic acids is 2. The van der Waals surface area contributed by atoms with Crippen molar-refractivity contribution in [1.29, 1.82) is 0 Å². The maximum atomic E-state index is 13.0. The molecule has 0 aliphatic carbocycles. The Labute approximate surface area is 228 Å². The third kappa shape index (κ3) is 6.84. The molecule has 11 nitrogen and oxygen atoms in total. The summed E-state index contributed by atoms with van der Waals surface area (Å²) in [7, 11) is 0.161. The van der Waals surface area contributed by atoms with E-state index >= 15 is 0 Å². The van der Waals surface area contributed by atoms with Crippen LogP contribution in [0.2, 0.25) is 0 Å². The number of hydrogen-bond acceptors (Lipinski definition) is 9. The van der Waals surface area contributed by atoms with Gasteiger partial charge in [-0.15, -0.1) is 11.3 Å². The standard InChI is InChI=1S/C25H32N6O5S2/c1-15-8-19(26-22(9-15)30-10-16(2)36-17(3)11-30)21-14-37-25(28-21)29-24(33)20(13-35-4)27-23(32)18-6-7-31(12-18)38(5)34/h6-9,12,14,16-17,20H,10-11,13H2,1-5H3,(H,27,32)(H,28,29,33). The van der Waals surface area contributed by atoms with E-state index in [0.29, 0.717) is 16.5 Å². The zero-order valence-corrected chi connectivity index (χ0v) is 23.6. The van der Waals surface area contributed by atoms with Crippen molar-refractivity contribution >= 4 is 45.1 Å². The molecule has 204 valence electrons. The maximum Gasteiger partial charge on any atom is 0.253 e. The molecular weight excluding hydrogens is 528 g/mol. The number of ether oxygens (including phenoxy) is 2. The Morgan fingerprint density at radius 3 is 2.63 bits per heavy atom. The van der Waals surface area contributed by atoms with Gasteiger partial charge in [0.15, 0.2) is 5.13 Å². The summed E-state index contributed by atoms with van der Waals surface area (Å²) in [6, 6.07) is 4.59. The second kappa shape index (κ2) is 12.2. The molecule has 4 rings (SSSR count). The van der Waals surface area contributed by atoms with E-state index in [1.54, 1.807) is 6.20 Å². The van der Waals surface area contributed by atoms with Crippen LogP contribution in [0.15, 0.2) is 36.0 Å². The molecule has 1 aliphatic rings. The first-order chi connectivity index (χ1) is 18.1. The van der Waals surface area contributed by atoms with Crippen LogP contribution in [0, 0.1) is 6.92 Å². The van der Waals surface area contributed by atoms with Crippen molar-refractivity contribution in [3.63, 3.8) is 0 Å². The summed E-state index contributed by atoms with van der Waals surface area (Å²) in [5.74, 6) is -0.0764. The van der Waals surface area contributed by atoms with Gasteiger partial charge in [0, 0.05) is 44.2 Å². The van der Waals surface area contributed by atoms with Gasteiger partial charge in [0.25, 0.3) is 11.8 Å². The molecule has 13 heteroatoms. The van der Waals surface area contributed by atoms with Gasteiger partial charge in [-0.3, -0.25) is 13.6 Å². The molecule has 4 heterocycles. The van der Waals surface area contributed by atoms with Crippen LogP contribution in [0.5, 0.6) is 0 Å². The van der Waals surface area contributed by atoms with Gasteiger partial charge in [-0.1, -0.05) is 0 Å². The zero-order chi connectivity index (χ0) is 27.4. The Kier molecular flexibility index (Phi) is 8.92. The molecule has 2 amide bonds. The number of nitrogens with zero attached hydrogens (tertiary/aromatic N) is 4. The number of amides is 2. The van der Waals surface area contributed by atoms with E-state index in [2.05, 4.69) is 34.4 Å². The summed E-state index contributed by atoms with van der Waals surface area (Å²) < 4.78 is 24.0. The summed E-state index contributed by atoms with van der Waals surface area (Å²) in [6.07, 6.45) is 4.73. The van der Waals surface area contributed by atoms with Crippen molar-refractivity contribution in [2.75, 3.05) is 43.3 Å². The number of morpholine rings is 1. The van der Waals surface area contributed by atoms with Crippen LogP contribution >= 0.6 is 11.3 Å². The lowest BCUT2D eigenvalue weighted by molar-refractivity contribution is -0.119. The van der Waals surface area contributed by atoms with Crippen LogP contribution in [0.25, 0.3) is 11.4 Å². The highest BCUT2D eigenvalue weighted by molar-refractivity contribution is 7.82. The second-order valence-electron chi connectivity index (χ2n) is 9.24. The summed E-state index contributed by atoms with van der Waals surface area (Å²) in [5, 5.41) is 7.65. The van der Waals surface area contributed by atoms with Crippen LogP contribution in [0.1, 0.15) is 29.8 Å². The number of nitrogens with one attached hydrogen (secondary N) is 2. The van der Waals surface area contributed by atoms with Crippen LogP contribution in [-0.2, 0) is 25.3 Å². The van der Waals surface area contributed by atoms with E-state index in [1.807, 2.05) is 24.4 Å². The van der Waals surface area contributed by atoms with Gasteiger partial charge in [-0.2, -0.15) is 0 Å². The minimum atomic E-state index is -1.29. The average Bonchev–Trinajstić information content (AvgIpc) is 3.53. The summed E-state index contributed by atoms with van der Waals surface area (Å²) >= 11 is 1.27. The molecule has 3 aromatic rings. The lowest BCUT2D eigenvalue weighted by atomic mass is 10.2. The maximum absolute atomic E-state index is 13.0. The second-order valence-corrected chi connectivity index (χ2v) is 11.4. The molecule has 3 aromatic heterocycles. The quantitative estimate of drug-likeness (QED) is 0.409. The molecule has 1 aliphatic heterocycles. The fraction of sp³-hybridized carbons (Fsp3) is 0.440. The molecule has 38 heavy (non-hydrogen) atoms. The highest BCUT2D eigenvalue weighted by atomic mass is 32.2. The lowest BCUT2D eigenvalue weighted by Gasteiger charge is -2.36. The molecular formula is C25H32N6O5S2. The molecule has 0 aromatic carbocycles. The molecule has 1 fully saturated rings. The third-order valence-corrected chi connectivity index (χ3v) is 7.46. The summed E-state index contributed by atoms with van der Waals surface area (Å²) in [6.45, 7) is 7.60. The Morgan fingerprint density at radius 2 is 1.97 bits per heavy atom. The molecule has 1 saturated heterocycles. The topological polar surface area (TPSA) is 128 Å². The third-order valence-electron chi connectivity index (χ3n) is 5.88. The van der Waals surface area contributed by atoms with Crippen molar-refractivity contribution in [3.8, 4) is 11.4 Å². The van der Waals surface area contributed by atoms with E-state index in [0.717, 1.165) is 24.5 Å². The number of aryl methyl sites for hydroxylation is 1. The van der Waals surface area contributed by atoms with Crippen LogP contribution in [0.4, 0.5) is 10.9 Å². The largest absolute Gasteiger partial charge is 0.382 e. The van der Waals surface area contributed by atoms with E-state index in [9.17, 15) is 13.8 Å². The molecule has 4 atom stereocenters. The molecule has 0 spiro atoms. The number of thiazole rings is 1. The van der Waals surface area contributed by atoms with E-state index in [4.69, 9.17) is 14.5 Å². The fourth-order valence-electron chi connectivity index (χ4n) is 4.21. The highest BCUT2D eigenvalue weighted by Crippen LogP contribution is 2.28. The van der Waals surface area contributed by atoms with Crippen molar-refractivity contribution < 1.29 is 23.3 Å². The first-order valence-corrected chi connectivity index (χ1v) is 14.5. The average molecular weight is 561 g/mol.